The SMILES string of the molecule is COc1ccc(-c2cnc(CCC(=O)N3CCC(N4CCNCC4)C3)o2)cc1.Cl.Cl. The van der Waals surface area contributed by atoms with E-state index < -0.39 is 0 Å². The summed E-state index contributed by atoms with van der Waals surface area (Å²) in [6, 6.07) is 8.17. The summed E-state index contributed by atoms with van der Waals surface area (Å²) < 4.78 is 11.0. The summed E-state index contributed by atoms with van der Waals surface area (Å²) in [4.78, 5) is 21.5. The van der Waals surface area contributed by atoms with Crippen molar-refractivity contribution in [2.75, 3.05) is 46.4 Å². The van der Waals surface area contributed by atoms with Crippen LogP contribution in [0, 0.1) is 0 Å². The molecular formula is C21H30Cl2N4O3. The van der Waals surface area contributed by atoms with Gasteiger partial charge in [-0.1, -0.05) is 0 Å². The summed E-state index contributed by atoms with van der Waals surface area (Å²) in [5, 5.41) is 3.38. The minimum atomic E-state index is 0. The predicted molar refractivity (Wildman–Crippen MR) is 121 cm³/mol. The minimum Gasteiger partial charge on any atom is -0.497 e. The predicted octanol–water partition coefficient (Wildman–Crippen LogP) is 2.63. The molecule has 1 atom stereocenters. The molecule has 1 aromatic carbocycles. The lowest BCUT2D eigenvalue weighted by atomic mass is 10.2. The van der Waals surface area contributed by atoms with E-state index in [1.807, 2.05) is 29.2 Å². The summed E-state index contributed by atoms with van der Waals surface area (Å²) in [6.07, 6.45) is 3.77. The van der Waals surface area contributed by atoms with Crippen LogP contribution in [0.25, 0.3) is 11.3 Å². The van der Waals surface area contributed by atoms with Crippen molar-refractivity contribution in [3.05, 3.63) is 36.4 Å². The van der Waals surface area contributed by atoms with Gasteiger partial charge in [0.05, 0.1) is 13.3 Å². The molecule has 0 bridgehead atoms. The number of hydrogen-bond acceptors (Lipinski definition) is 6. The van der Waals surface area contributed by atoms with E-state index >= 15 is 0 Å². The molecule has 0 saturated carbocycles. The summed E-state index contributed by atoms with van der Waals surface area (Å²) >= 11 is 0. The zero-order valence-electron chi connectivity index (χ0n) is 17.2. The third-order valence-electron chi connectivity index (χ3n) is 5.66. The quantitative estimate of drug-likeness (QED) is 0.720. The molecule has 0 spiro atoms. The summed E-state index contributed by atoms with van der Waals surface area (Å²) in [5.74, 6) is 2.32. The maximum atomic E-state index is 12.6. The number of rotatable bonds is 6. The average molecular weight is 457 g/mol. The molecule has 9 heteroatoms. The maximum absolute atomic E-state index is 12.6. The fourth-order valence-corrected chi connectivity index (χ4v) is 4.00. The van der Waals surface area contributed by atoms with Gasteiger partial charge < -0.3 is 19.4 Å². The number of halogens is 2. The lowest BCUT2D eigenvalue weighted by Gasteiger charge is -2.32. The van der Waals surface area contributed by atoms with Crippen molar-refractivity contribution in [1.29, 1.82) is 0 Å². The number of amides is 1. The molecule has 0 aliphatic carbocycles. The Labute approximate surface area is 190 Å². The van der Waals surface area contributed by atoms with Gasteiger partial charge in [0.15, 0.2) is 11.7 Å². The zero-order chi connectivity index (χ0) is 19.3. The number of benzene rings is 1. The summed E-state index contributed by atoms with van der Waals surface area (Å²) in [6.45, 7) is 5.96. The number of carbonyl (C=O) groups excluding carboxylic acids is 1. The van der Waals surface area contributed by atoms with Crippen molar-refractivity contribution in [2.45, 2.75) is 25.3 Å². The highest BCUT2D eigenvalue weighted by atomic mass is 35.5. The zero-order valence-corrected chi connectivity index (χ0v) is 18.8. The van der Waals surface area contributed by atoms with Crippen LogP contribution in [-0.2, 0) is 11.2 Å². The second-order valence-electron chi connectivity index (χ2n) is 7.41. The van der Waals surface area contributed by atoms with Crippen molar-refractivity contribution < 1.29 is 13.9 Å². The molecule has 1 N–H and O–H groups in total. The van der Waals surface area contributed by atoms with E-state index in [1.165, 1.54) is 0 Å². The molecule has 2 aliphatic rings. The monoisotopic (exact) mass is 456 g/mol. The van der Waals surface area contributed by atoms with Crippen molar-refractivity contribution in [1.82, 2.24) is 20.1 Å². The van der Waals surface area contributed by atoms with Gasteiger partial charge in [-0.05, 0) is 30.7 Å². The topological polar surface area (TPSA) is 70.8 Å². The molecular weight excluding hydrogens is 427 g/mol. The van der Waals surface area contributed by atoms with E-state index in [9.17, 15) is 4.79 Å². The number of likely N-dealkylation sites (tertiary alicyclic amines) is 1. The molecule has 0 radical (unpaired) electrons. The molecule has 2 aliphatic heterocycles. The molecule has 2 saturated heterocycles. The number of nitrogens with one attached hydrogen (secondary N) is 1. The van der Waals surface area contributed by atoms with Gasteiger partial charge in [-0.25, -0.2) is 4.98 Å². The van der Waals surface area contributed by atoms with Crippen molar-refractivity contribution in [2.24, 2.45) is 0 Å². The fraction of sp³-hybridized carbons (Fsp3) is 0.524. The molecule has 2 fully saturated rings. The smallest absolute Gasteiger partial charge is 0.223 e. The lowest BCUT2D eigenvalue weighted by Crippen LogP contribution is -2.49. The molecule has 166 valence electrons. The molecule has 1 aromatic heterocycles. The maximum Gasteiger partial charge on any atom is 0.223 e. The van der Waals surface area contributed by atoms with Crippen LogP contribution in [0.2, 0.25) is 0 Å². The normalized spacial score (nSPS) is 19.1. The summed E-state index contributed by atoms with van der Waals surface area (Å²) in [7, 11) is 1.64. The van der Waals surface area contributed by atoms with Crippen LogP contribution in [0.1, 0.15) is 18.7 Å². The Morgan fingerprint density at radius 2 is 1.93 bits per heavy atom. The van der Waals surface area contributed by atoms with Gasteiger partial charge in [0.25, 0.3) is 0 Å². The largest absolute Gasteiger partial charge is 0.497 e. The highest BCUT2D eigenvalue weighted by Gasteiger charge is 2.30. The Hall–Kier alpha value is -1.80. The van der Waals surface area contributed by atoms with E-state index in [0.717, 1.165) is 57.0 Å². The van der Waals surface area contributed by atoms with Crippen LogP contribution in [-0.4, -0.2) is 73.1 Å². The standard InChI is InChI=1S/C21H28N4O3.2ClH/c1-27-18-4-2-16(3-5-18)19-14-23-20(28-19)6-7-21(26)25-11-8-17(15-25)24-12-9-22-10-13-24;;/h2-5,14,17,22H,6-13,15H2,1H3;2*1H. The second kappa shape index (κ2) is 11.6. The first-order valence-corrected chi connectivity index (χ1v) is 10.0. The number of aryl methyl sites for hydroxylation is 1. The number of ether oxygens (including phenoxy) is 1. The first-order chi connectivity index (χ1) is 13.7. The van der Waals surface area contributed by atoms with E-state index in [4.69, 9.17) is 9.15 Å². The van der Waals surface area contributed by atoms with Crippen LogP contribution in [0.3, 0.4) is 0 Å². The van der Waals surface area contributed by atoms with Crippen LogP contribution < -0.4 is 10.1 Å². The van der Waals surface area contributed by atoms with Gasteiger partial charge in [0.1, 0.15) is 5.75 Å². The molecule has 1 amide bonds. The Balaban J connectivity index is 0.00000160. The number of piperazine rings is 1. The third kappa shape index (κ3) is 5.88. The van der Waals surface area contributed by atoms with Crippen LogP contribution in [0.5, 0.6) is 5.75 Å². The second-order valence-corrected chi connectivity index (χ2v) is 7.41. The highest BCUT2D eigenvalue weighted by molar-refractivity contribution is 5.85. The van der Waals surface area contributed by atoms with Crippen molar-refractivity contribution in [3.8, 4) is 17.1 Å². The molecule has 30 heavy (non-hydrogen) atoms. The van der Waals surface area contributed by atoms with Gasteiger partial charge in [-0.2, -0.15) is 0 Å². The van der Waals surface area contributed by atoms with Gasteiger partial charge >= 0.3 is 0 Å². The summed E-state index contributed by atoms with van der Waals surface area (Å²) in [5.41, 5.74) is 0.948. The molecule has 4 rings (SSSR count). The molecule has 7 nitrogen and oxygen atoms in total. The van der Waals surface area contributed by atoms with E-state index in [0.29, 0.717) is 30.5 Å². The van der Waals surface area contributed by atoms with Gasteiger partial charge in [0, 0.05) is 63.7 Å². The van der Waals surface area contributed by atoms with Crippen molar-refractivity contribution in [3.63, 3.8) is 0 Å². The number of aromatic nitrogens is 1. The first kappa shape index (κ1) is 24.5. The Kier molecular flexibility index (Phi) is 9.42. The van der Waals surface area contributed by atoms with E-state index in [1.54, 1.807) is 13.3 Å². The average Bonchev–Trinajstić information content (AvgIpc) is 3.43. The van der Waals surface area contributed by atoms with E-state index in [2.05, 4.69) is 15.2 Å². The van der Waals surface area contributed by atoms with Gasteiger partial charge in [-0.15, -0.1) is 24.8 Å². The molecule has 1 unspecified atom stereocenters. The minimum absolute atomic E-state index is 0. The number of oxazole rings is 1. The third-order valence-corrected chi connectivity index (χ3v) is 5.66. The Morgan fingerprint density at radius 3 is 2.63 bits per heavy atom. The Morgan fingerprint density at radius 1 is 1.20 bits per heavy atom. The van der Waals surface area contributed by atoms with Gasteiger partial charge in [0.2, 0.25) is 5.91 Å². The molecule has 2 aromatic rings. The number of methoxy groups -OCH3 is 1. The van der Waals surface area contributed by atoms with Crippen LogP contribution >= 0.6 is 24.8 Å². The first-order valence-electron chi connectivity index (χ1n) is 10.0. The number of nitrogens with zero attached hydrogens (tertiary/aromatic N) is 3. The number of carbonyl (C=O) groups is 1. The fourth-order valence-electron chi connectivity index (χ4n) is 4.00. The van der Waals surface area contributed by atoms with Crippen LogP contribution in [0.4, 0.5) is 0 Å². The van der Waals surface area contributed by atoms with Crippen molar-refractivity contribution >= 4 is 30.7 Å². The highest BCUT2D eigenvalue weighted by Crippen LogP contribution is 2.24. The lowest BCUT2D eigenvalue weighted by molar-refractivity contribution is -0.130. The Bertz CT molecular complexity index is 794. The van der Waals surface area contributed by atoms with Gasteiger partial charge in [-0.3, -0.25) is 9.69 Å². The number of hydrogen-bond donors (Lipinski definition) is 1. The van der Waals surface area contributed by atoms with Crippen LogP contribution in [0.15, 0.2) is 34.9 Å². The van der Waals surface area contributed by atoms with E-state index in [-0.39, 0.29) is 30.7 Å². The molecule has 3 heterocycles.